The Kier molecular flexibility index (Phi) is 21.1. The average molecular weight is 1330 g/mol. The molecule has 0 unspecified atom stereocenters. The Balaban J connectivity index is 0.000000201. The van der Waals surface area contributed by atoms with E-state index >= 15 is 0 Å². The molecular weight excluding hydrogens is 1240 g/mol. The Morgan fingerprint density at radius 2 is 0.938 bits per heavy atom. The van der Waals surface area contributed by atoms with Crippen LogP contribution in [0.2, 0.25) is 0 Å². The molecule has 2 aliphatic heterocycles. The first-order valence-corrected chi connectivity index (χ1v) is 34.8. The average Bonchev–Trinajstić information content (AvgIpc) is 1.54. The molecule has 10 aromatic rings. The van der Waals surface area contributed by atoms with Crippen LogP contribution in [-0.4, -0.2) is 85.1 Å². The Morgan fingerprint density at radius 1 is 0.521 bits per heavy atom. The molecule has 4 aromatic heterocycles. The molecule has 0 spiro atoms. The van der Waals surface area contributed by atoms with Crippen LogP contribution >= 0.6 is 23.2 Å². The van der Waals surface area contributed by atoms with Crippen molar-refractivity contribution < 1.29 is 33.4 Å². The van der Waals surface area contributed by atoms with Crippen molar-refractivity contribution >= 4 is 102 Å². The number of hydrogen-bond acceptors (Lipinski definition) is 9. The summed E-state index contributed by atoms with van der Waals surface area (Å²) in [6.07, 6.45) is 19.8. The third kappa shape index (κ3) is 15.6. The smallest absolute Gasteiger partial charge is 0.278 e. The van der Waals surface area contributed by atoms with E-state index in [-0.39, 0.29) is 35.5 Å². The Morgan fingerprint density at radius 3 is 1.35 bits per heavy atom. The third-order valence-electron chi connectivity index (χ3n) is 17.7. The summed E-state index contributed by atoms with van der Waals surface area (Å²) in [6, 6.07) is 38.1. The number of ether oxygens (including phenoxy) is 3. The van der Waals surface area contributed by atoms with Gasteiger partial charge in [-0.25, -0.2) is 9.97 Å². The summed E-state index contributed by atoms with van der Waals surface area (Å²) in [5, 5.41) is 10.1. The molecule has 0 saturated heterocycles. The Labute approximate surface area is 573 Å². The van der Waals surface area contributed by atoms with Crippen molar-refractivity contribution in [2.24, 2.45) is 0 Å². The number of aryl methyl sites for hydroxylation is 3. The number of aromatic nitrogens is 4. The third-order valence-corrected chi connectivity index (χ3v) is 18.4. The van der Waals surface area contributed by atoms with E-state index in [0.29, 0.717) is 76.6 Å². The summed E-state index contributed by atoms with van der Waals surface area (Å²) in [7, 11) is 0. The minimum atomic E-state index is -0.428. The second kappa shape index (κ2) is 29.6. The van der Waals surface area contributed by atoms with Gasteiger partial charge in [0.2, 0.25) is 0 Å². The Bertz CT molecular complexity index is 4490. The van der Waals surface area contributed by atoms with Gasteiger partial charge < -0.3 is 43.4 Å². The zero-order valence-corrected chi connectivity index (χ0v) is 58.4. The molecule has 2 aliphatic rings. The van der Waals surface area contributed by atoms with Gasteiger partial charge in [-0.15, -0.1) is 23.2 Å². The number of pyridine rings is 2. The van der Waals surface area contributed by atoms with Gasteiger partial charge in [-0.1, -0.05) is 119 Å². The fourth-order valence-corrected chi connectivity index (χ4v) is 13.5. The van der Waals surface area contributed by atoms with Crippen LogP contribution in [0.4, 0.5) is 22.7 Å². The highest BCUT2D eigenvalue weighted by Gasteiger charge is 2.39. The molecule has 0 radical (unpaired) electrons. The van der Waals surface area contributed by atoms with E-state index in [0.717, 1.165) is 84.4 Å². The van der Waals surface area contributed by atoms with Gasteiger partial charge in [0.05, 0.1) is 29.4 Å². The number of alkyl halides is 2. The van der Waals surface area contributed by atoms with Crippen molar-refractivity contribution in [3.8, 4) is 17.2 Å². The lowest BCUT2D eigenvalue weighted by Gasteiger charge is -2.25. The summed E-state index contributed by atoms with van der Waals surface area (Å²) in [5.41, 5.74) is 10.3. The maximum atomic E-state index is 14.2. The van der Waals surface area contributed by atoms with E-state index in [1.807, 2.05) is 97.0 Å². The van der Waals surface area contributed by atoms with Crippen molar-refractivity contribution in [3.63, 3.8) is 0 Å². The molecule has 0 saturated carbocycles. The van der Waals surface area contributed by atoms with Gasteiger partial charge >= 0.3 is 0 Å². The summed E-state index contributed by atoms with van der Waals surface area (Å²) in [4.78, 5) is 67.0. The van der Waals surface area contributed by atoms with Crippen molar-refractivity contribution in [1.82, 2.24) is 18.8 Å². The number of carbonyl (C=O) groups excluding carboxylic acids is 4. The van der Waals surface area contributed by atoms with Gasteiger partial charge in [-0.2, -0.15) is 0 Å². The SMILES string of the molecule is CCCCCCCCCCCCOc1ccc(C(=O)Nc2ccc3nc(C(=O)N4C[C@@H](CCl)c5c4cc(OC(C)(C)C)c4cccc(C)c54)cn3c2)cc1.Cc1ccc(C(=O)Nc2ccc3nc(C(=O)N4C[C@@H](CCl)c5c4cc(OC(C)(C)C)c4cccc(C)c54)cn3c2)cc1. The number of halogens is 2. The van der Waals surface area contributed by atoms with Crippen LogP contribution in [0.1, 0.15) is 194 Å². The largest absolute Gasteiger partial charge is 0.494 e. The number of imidazole rings is 2. The van der Waals surface area contributed by atoms with Crippen molar-refractivity contribution in [1.29, 1.82) is 0 Å². The van der Waals surface area contributed by atoms with Gasteiger partial charge in [0.15, 0.2) is 0 Å². The van der Waals surface area contributed by atoms with Crippen LogP contribution in [0.25, 0.3) is 32.8 Å². The predicted molar refractivity (Wildman–Crippen MR) is 390 cm³/mol. The predicted octanol–water partition coefficient (Wildman–Crippen LogP) is 19.0. The quantitative estimate of drug-likeness (QED) is 0.0497. The van der Waals surface area contributed by atoms with Gasteiger partial charge in [0, 0.05) is 95.5 Å². The molecule has 12 rings (SSSR count). The minimum absolute atomic E-state index is 0.0291. The standard InChI is InChI=1S/C45H55ClN4O4.C34H33ClN4O3/c1-6-7-8-9-10-11-12-13-14-15-25-53-35-22-19-32(20-23-35)43(51)47-34-21-24-40-48-37(30-49(40)29-34)44(52)50-28-33(27-46)42-38(50)26-39(54-45(3,4)5)36-18-16-17-31(2)41(36)42;1-20-9-11-22(12-10-20)32(40)36-24-13-14-29-37-26(19-38(29)18-24)33(41)39-17-23(16-35)31-27(39)15-28(42-34(3,4)5)25-8-6-7-21(2)30(25)31/h16-24,26,29-30,33H,6-15,25,27-28H2,1-5H3,(H,47,51);6-15,18-19,23H,16-17H2,1-5H3,(H,36,40)/t33-;23-/m11/s1. The van der Waals surface area contributed by atoms with Crippen LogP contribution in [0.3, 0.4) is 0 Å². The number of benzene rings is 6. The first-order valence-electron chi connectivity index (χ1n) is 33.7. The first kappa shape index (κ1) is 68.5. The molecule has 0 aliphatic carbocycles. The molecule has 4 amide bonds. The van der Waals surface area contributed by atoms with E-state index in [1.54, 1.807) is 91.9 Å². The zero-order chi connectivity index (χ0) is 68.0. The van der Waals surface area contributed by atoms with E-state index in [2.05, 4.69) is 65.6 Å². The second-order valence-electron chi connectivity index (χ2n) is 27.5. The second-order valence-corrected chi connectivity index (χ2v) is 28.1. The fraction of sp³-hybridized carbons (Fsp3) is 0.367. The van der Waals surface area contributed by atoms with Crippen LogP contribution in [-0.2, 0) is 0 Å². The lowest BCUT2D eigenvalue weighted by molar-refractivity contribution is 0.0976. The van der Waals surface area contributed by atoms with E-state index in [1.165, 1.54) is 57.8 Å². The zero-order valence-electron chi connectivity index (χ0n) is 56.9. The molecule has 0 bridgehead atoms. The maximum absolute atomic E-state index is 14.2. The number of fused-ring (bicyclic) bond motifs is 8. The van der Waals surface area contributed by atoms with Crippen molar-refractivity contribution in [2.75, 3.05) is 51.9 Å². The minimum Gasteiger partial charge on any atom is -0.494 e. The first-order chi connectivity index (χ1) is 46.1. The summed E-state index contributed by atoms with van der Waals surface area (Å²) in [5.74, 6) is 2.05. The van der Waals surface area contributed by atoms with E-state index in [9.17, 15) is 19.2 Å². The molecule has 6 heterocycles. The van der Waals surface area contributed by atoms with Crippen LogP contribution in [0.15, 0.2) is 146 Å². The highest BCUT2D eigenvalue weighted by Crippen LogP contribution is 2.49. The maximum Gasteiger partial charge on any atom is 0.278 e. The molecule has 6 aromatic carbocycles. The number of hydrogen-bond donors (Lipinski definition) is 2. The number of anilines is 4. The van der Waals surface area contributed by atoms with Crippen LogP contribution in [0.5, 0.6) is 17.2 Å². The molecular formula is C79H88Cl2N8O7. The molecule has 96 heavy (non-hydrogen) atoms. The van der Waals surface area contributed by atoms with E-state index < -0.39 is 11.2 Å². The number of amides is 4. The lowest BCUT2D eigenvalue weighted by atomic mass is 9.92. The van der Waals surface area contributed by atoms with Crippen LogP contribution in [0, 0.1) is 20.8 Å². The fourth-order valence-electron chi connectivity index (χ4n) is 13.0. The number of unbranched alkanes of at least 4 members (excludes halogenated alkanes) is 9. The van der Waals surface area contributed by atoms with Gasteiger partial charge in [0.25, 0.3) is 23.6 Å². The molecule has 2 atom stereocenters. The highest BCUT2D eigenvalue weighted by atomic mass is 35.5. The van der Waals surface area contributed by atoms with Gasteiger partial charge in [-0.3, -0.25) is 19.2 Å². The topological polar surface area (TPSA) is 161 Å². The van der Waals surface area contributed by atoms with Crippen LogP contribution < -0.4 is 34.6 Å². The van der Waals surface area contributed by atoms with Gasteiger partial charge in [0.1, 0.15) is 51.1 Å². The molecule has 15 nitrogen and oxygen atoms in total. The van der Waals surface area contributed by atoms with E-state index in [4.69, 9.17) is 37.4 Å². The Hall–Kier alpha value is -8.92. The van der Waals surface area contributed by atoms with Crippen molar-refractivity contribution in [3.05, 3.63) is 196 Å². The number of carbonyl (C=O) groups is 4. The summed E-state index contributed by atoms with van der Waals surface area (Å²) in [6.45, 7) is 22.1. The van der Waals surface area contributed by atoms with Gasteiger partial charge in [-0.05, 0) is 162 Å². The number of rotatable bonds is 22. The molecule has 500 valence electrons. The number of nitrogens with one attached hydrogen (secondary N) is 2. The highest BCUT2D eigenvalue weighted by molar-refractivity contribution is 6.20. The molecule has 17 heteroatoms. The summed E-state index contributed by atoms with van der Waals surface area (Å²) >= 11 is 13.1. The molecule has 2 N–H and O–H groups in total. The molecule has 0 fully saturated rings. The monoisotopic (exact) mass is 1330 g/mol. The number of nitrogens with zero attached hydrogens (tertiary/aromatic N) is 6. The lowest BCUT2D eigenvalue weighted by Crippen LogP contribution is -2.30. The summed E-state index contributed by atoms with van der Waals surface area (Å²) < 4.78 is 22.3. The van der Waals surface area contributed by atoms with Crippen molar-refractivity contribution in [2.45, 2.75) is 156 Å². The normalized spacial score (nSPS) is 14.4.